The SMILES string of the molecule is Brc1ccc(-n2c3ccccc3c3cc4c(cc32)c2ccccc2n4-c2ccc(B3OCCO3)cc2)cc1. The van der Waals surface area contributed by atoms with Crippen LogP contribution >= 0.6 is 15.9 Å². The Morgan fingerprint density at radius 1 is 0.526 bits per heavy atom. The molecule has 2 aromatic heterocycles. The average molecular weight is 557 g/mol. The molecule has 5 aromatic carbocycles. The number of para-hydroxylation sites is 2. The highest BCUT2D eigenvalue weighted by Gasteiger charge is 2.26. The zero-order chi connectivity index (χ0) is 25.2. The smallest absolute Gasteiger partial charge is 0.405 e. The Morgan fingerprint density at radius 3 is 1.53 bits per heavy atom. The van der Waals surface area contributed by atoms with Gasteiger partial charge in [0.2, 0.25) is 0 Å². The Morgan fingerprint density at radius 2 is 1.00 bits per heavy atom. The van der Waals surface area contributed by atoms with Crippen LogP contribution in [-0.4, -0.2) is 29.5 Å². The molecule has 7 aromatic rings. The van der Waals surface area contributed by atoms with E-state index in [1.165, 1.54) is 43.6 Å². The molecule has 0 N–H and O–H groups in total. The van der Waals surface area contributed by atoms with Crippen LogP contribution < -0.4 is 5.46 Å². The number of benzene rings is 5. The Hall–Kier alpha value is -3.84. The van der Waals surface area contributed by atoms with E-state index < -0.39 is 0 Å². The van der Waals surface area contributed by atoms with Crippen LogP contribution in [0.5, 0.6) is 0 Å². The lowest BCUT2D eigenvalue weighted by Crippen LogP contribution is -2.31. The highest BCUT2D eigenvalue weighted by molar-refractivity contribution is 9.10. The van der Waals surface area contributed by atoms with Crippen LogP contribution in [-0.2, 0) is 9.31 Å². The number of fused-ring (bicyclic) bond motifs is 6. The summed E-state index contributed by atoms with van der Waals surface area (Å²) in [5.41, 5.74) is 8.11. The minimum Gasteiger partial charge on any atom is -0.405 e. The molecule has 0 atom stereocenters. The Kier molecular flexibility index (Phi) is 5.02. The number of rotatable bonds is 3. The molecule has 1 saturated heterocycles. The molecule has 4 nitrogen and oxygen atoms in total. The minimum atomic E-state index is -0.272. The van der Waals surface area contributed by atoms with Crippen LogP contribution in [0.2, 0.25) is 0 Å². The fourth-order valence-electron chi connectivity index (χ4n) is 5.91. The molecule has 6 heteroatoms. The summed E-state index contributed by atoms with van der Waals surface area (Å²) in [6, 6.07) is 39.2. The molecule has 1 aliphatic rings. The van der Waals surface area contributed by atoms with E-state index in [9.17, 15) is 0 Å². The molecule has 182 valence electrons. The van der Waals surface area contributed by atoms with Gasteiger partial charge in [-0.25, -0.2) is 0 Å². The highest BCUT2D eigenvalue weighted by atomic mass is 79.9. The summed E-state index contributed by atoms with van der Waals surface area (Å²) in [6.45, 7) is 1.28. The third-order valence-corrected chi connectivity index (χ3v) is 8.12. The molecule has 1 fully saturated rings. The summed E-state index contributed by atoms with van der Waals surface area (Å²) < 4.78 is 17.2. The molecule has 0 saturated carbocycles. The Labute approximate surface area is 228 Å². The van der Waals surface area contributed by atoms with Crippen LogP contribution in [0.25, 0.3) is 55.0 Å². The maximum atomic E-state index is 5.71. The zero-order valence-corrected chi connectivity index (χ0v) is 22.1. The van der Waals surface area contributed by atoms with Crippen molar-refractivity contribution in [3.63, 3.8) is 0 Å². The minimum absolute atomic E-state index is 0.272. The van der Waals surface area contributed by atoms with Gasteiger partial charge in [-0.05, 0) is 66.1 Å². The molecule has 0 aliphatic carbocycles. The second-order valence-corrected chi connectivity index (χ2v) is 10.6. The third-order valence-electron chi connectivity index (χ3n) is 7.60. The molecule has 0 unspecified atom stereocenters. The van der Waals surface area contributed by atoms with Crippen LogP contribution in [0.1, 0.15) is 0 Å². The van der Waals surface area contributed by atoms with E-state index in [-0.39, 0.29) is 7.12 Å². The molecule has 0 bridgehead atoms. The summed E-state index contributed by atoms with van der Waals surface area (Å²) in [7, 11) is -0.272. The van der Waals surface area contributed by atoms with Crippen molar-refractivity contribution >= 4 is 72.1 Å². The van der Waals surface area contributed by atoms with Gasteiger partial charge in [-0.15, -0.1) is 0 Å². The van der Waals surface area contributed by atoms with Crippen molar-refractivity contribution in [2.75, 3.05) is 13.2 Å². The fourth-order valence-corrected chi connectivity index (χ4v) is 6.17. The van der Waals surface area contributed by atoms with E-state index >= 15 is 0 Å². The lowest BCUT2D eigenvalue weighted by molar-refractivity contribution is 0.365. The van der Waals surface area contributed by atoms with Crippen molar-refractivity contribution in [1.82, 2.24) is 9.13 Å². The largest absolute Gasteiger partial charge is 0.494 e. The molecule has 0 radical (unpaired) electrons. The van der Waals surface area contributed by atoms with Gasteiger partial charge in [-0.1, -0.05) is 64.5 Å². The number of hydrogen-bond donors (Lipinski definition) is 0. The van der Waals surface area contributed by atoms with Crippen molar-refractivity contribution < 1.29 is 9.31 Å². The van der Waals surface area contributed by atoms with Crippen LogP contribution in [0.4, 0.5) is 0 Å². The molecule has 1 aliphatic heterocycles. The lowest BCUT2D eigenvalue weighted by atomic mass is 9.79. The van der Waals surface area contributed by atoms with E-state index in [0.717, 1.165) is 21.3 Å². The lowest BCUT2D eigenvalue weighted by Gasteiger charge is -2.10. The maximum absolute atomic E-state index is 5.71. The monoisotopic (exact) mass is 556 g/mol. The van der Waals surface area contributed by atoms with Crippen molar-refractivity contribution in [1.29, 1.82) is 0 Å². The van der Waals surface area contributed by atoms with Crippen molar-refractivity contribution in [2.45, 2.75) is 0 Å². The predicted molar refractivity (Wildman–Crippen MR) is 160 cm³/mol. The van der Waals surface area contributed by atoms with Gasteiger partial charge in [0.15, 0.2) is 0 Å². The van der Waals surface area contributed by atoms with E-state index in [1.807, 2.05) is 0 Å². The van der Waals surface area contributed by atoms with Crippen LogP contribution in [0, 0.1) is 0 Å². The van der Waals surface area contributed by atoms with Gasteiger partial charge in [-0.2, -0.15) is 0 Å². The molecule has 3 heterocycles. The van der Waals surface area contributed by atoms with Crippen molar-refractivity contribution in [3.8, 4) is 11.4 Å². The van der Waals surface area contributed by atoms with Gasteiger partial charge >= 0.3 is 7.12 Å². The summed E-state index contributed by atoms with van der Waals surface area (Å²) in [5, 5.41) is 4.96. The second-order valence-electron chi connectivity index (χ2n) is 9.73. The van der Waals surface area contributed by atoms with Crippen molar-refractivity contribution in [2.24, 2.45) is 0 Å². The van der Waals surface area contributed by atoms with Gasteiger partial charge in [-0.3, -0.25) is 0 Å². The molecule has 0 spiro atoms. The number of aromatic nitrogens is 2. The van der Waals surface area contributed by atoms with E-state index in [2.05, 4.69) is 134 Å². The zero-order valence-electron chi connectivity index (χ0n) is 20.5. The number of nitrogens with zero attached hydrogens (tertiary/aromatic N) is 2. The van der Waals surface area contributed by atoms with Crippen molar-refractivity contribution in [3.05, 3.63) is 114 Å². The Balaban J connectivity index is 1.43. The van der Waals surface area contributed by atoms with Gasteiger partial charge in [0.05, 0.1) is 35.3 Å². The standard InChI is InChI=1S/C32H22BBrN2O2/c34-22-11-15-24(16-12-22)36-30-8-4-2-6-26(30)28-19-31-27(20-32(28)36)25-5-1-3-7-29(25)35(31)23-13-9-21(10-14-23)33-37-17-18-38-33/h1-16,19-20H,17-18H2. The first-order chi connectivity index (χ1) is 18.8. The van der Waals surface area contributed by atoms with Crippen LogP contribution in [0.15, 0.2) is 114 Å². The summed E-state index contributed by atoms with van der Waals surface area (Å²) in [5.74, 6) is 0. The van der Waals surface area contributed by atoms with Gasteiger partial charge < -0.3 is 18.4 Å². The summed E-state index contributed by atoms with van der Waals surface area (Å²) in [6.07, 6.45) is 0. The maximum Gasteiger partial charge on any atom is 0.494 e. The molecular formula is C32H22BBrN2O2. The van der Waals surface area contributed by atoms with E-state index in [0.29, 0.717) is 13.2 Å². The Bertz CT molecular complexity index is 1990. The highest BCUT2D eigenvalue weighted by Crippen LogP contribution is 2.39. The quantitative estimate of drug-likeness (QED) is 0.212. The molecular weight excluding hydrogens is 535 g/mol. The first-order valence-electron chi connectivity index (χ1n) is 12.8. The second kappa shape index (κ2) is 8.60. The number of halogens is 1. The third kappa shape index (κ3) is 3.31. The van der Waals surface area contributed by atoms with E-state index in [4.69, 9.17) is 9.31 Å². The van der Waals surface area contributed by atoms with Gasteiger partial charge in [0, 0.05) is 37.4 Å². The molecule has 0 amide bonds. The normalized spacial score (nSPS) is 14.0. The first kappa shape index (κ1) is 22.2. The van der Waals surface area contributed by atoms with Crippen LogP contribution in [0.3, 0.4) is 0 Å². The summed E-state index contributed by atoms with van der Waals surface area (Å²) >= 11 is 3.59. The first-order valence-corrected chi connectivity index (χ1v) is 13.6. The number of hydrogen-bond acceptors (Lipinski definition) is 2. The summed E-state index contributed by atoms with van der Waals surface area (Å²) in [4.78, 5) is 0. The van der Waals surface area contributed by atoms with Gasteiger partial charge in [0.1, 0.15) is 0 Å². The van der Waals surface area contributed by atoms with Gasteiger partial charge in [0.25, 0.3) is 0 Å². The molecule has 8 rings (SSSR count). The van der Waals surface area contributed by atoms with E-state index in [1.54, 1.807) is 0 Å². The molecule has 38 heavy (non-hydrogen) atoms. The average Bonchev–Trinajstić information content (AvgIpc) is 3.68. The topological polar surface area (TPSA) is 28.3 Å². The fraction of sp³-hybridized carbons (Fsp3) is 0.0625. The predicted octanol–water partition coefficient (Wildman–Crippen LogP) is 7.39.